The number of aromatic nitrogens is 2. The smallest absolute Gasteiger partial charge is 0.332 e. The average Bonchev–Trinajstić information content (AvgIpc) is 3.27. The van der Waals surface area contributed by atoms with E-state index in [0.29, 0.717) is 12.2 Å². The minimum absolute atomic E-state index is 0.00685. The number of hydrogen-bond acceptors (Lipinski definition) is 10. The molecule has 0 aliphatic carbocycles. The van der Waals surface area contributed by atoms with E-state index in [1.165, 1.54) is 56.8 Å². The van der Waals surface area contributed by atoms with Gasteiger partial charge >= 0.3 is 11.9 Å². The number of rotatable bonds is 9. The summed E-state index contributed by atoms with van der Waals surface area (Å²) in [5.41, 5.74) is -0.0916. The number of sulfone groups is 1. The number of carboxylic acids is 1. The molecular formula is C21H18FN3O7S2. The zero-order chi connectivity index (χ0) is 24.9. The van der Waals surface area contributed by atoms with Gasteiger partial charge in [-0.15, -0.1) is 11.3 Å². The molecule has 0 saturated heterocycles. The first kappa shape index (κ1) is 25.0. The van der Waals surface area contributed by atoms with Crippen molar-refractivity contribution in [2.24, 2.45) is 0 Å². The van der Waals surface area contributed by atoms with Crippen LogP contribution in [0.15, 0.2) is 64.0 Å². The van der Waals surface area contributed by atoms with Gasteiger partial charge in [-0.25, -0.2) is 28.0 Å². The van der Waals surface area contributed by atoms with Gasteiger partial charge in [0.2, 0.25) is 21.7 Å². The van der Waals surface area contributed by atoms with Crippen molar-refractivity contribution >= 4 is 33.1 Å². The summed E-state index contributed by atoms with van der Waals surface area (Å²) in [7, 11) is -1.48. The Morgan fingerprint density at radius 2 is 1.97 bits per heavy atom. The molecule has 3 rings (SSSR count). The summed E-state index contributed by atoms with van der Waals surface area (Å²) in [6.07, 6.45) is 1.37. The van der Waals surface area contributed by atoms with E-state index in [0.717, 1.165) is 11.3 Å². The van der Waals surface area contributed by atoms with Gasteiger partial charge in [-0.3, -0.25) is 5.32 Å². The molecule has 2 N–H and O–H groups in total. The van der Waals surface area contributed by atoms with Crippen LogP contribution in [0.3, 0.4) is 0 Å². The molecule has 13 heteroatoms. The van der Waals surface area contributed by atoms with Gasteiger partial charge in [-0.1, -0.05) is 6.07 Å². The van der Waals surface area contributed by atoms with Crippen LogP contribution in [0.2, 0.25) is 0 Å². The lowest BCUT2D eigenvalue weighted by atomic mass is 10.1. The van der Waals surface area contributed by atoms with E-state index in [1.807, 2.05) is 0 Å². The average molecular weight is 508 g/mol. The monoisotopic (exact) mass is 507 g/mol. The van der Waals surface area contributed by atoms with Crippen LogP contribution in [0.25, 0.3) is 11.1 Å². The summed E-state index contributed by atoms with van der Waals surface area (Å²) in [6, 6.07) is 8.36. The Labute approximate surface area is 197 Å². The highest BCUT2D eigenvalue weighted by molar-refractivity contribution is 7.93. The minimum atomic E-state index is -4.26. The van der Waals surface area contributed by atoms with Crippen LogP contribution in [0.1, 0.15) is 11.1 Å². The summed E-state index contributed by atoms with van der Waals surface area (Å²) in [6.45, 7) is 0. The predicted molar refractivity (Wildman–Crippen MR) is 118 cm³/mol. The fraction of sp³-hybridized carbons (Fsp3) is 0.143. The van der Waals surface area contributed by atoms with Gasteiger partial charge in [0.05, 0.1) is 12.0 Å². The molecule has 1 atom stereocenters. The van der Waals surface area contributed by atoms with Crippen molar-refractivity contribution in [3.8, 4) is 17.0 Å². The quantitative estimate of drug-likeness (QED) is 0.192. The van der Waals surface area contributed by atoms with Crippen LogP contribution in [0.5, 0.6) is 5.88 Å². The van der Waals surface area contributed by atoms with E-state index in [2.05, 4.69) is 15.3 Å². The van der Waals surface area contributed by atoms with Crippen molar-refractivity contribution < 1.29 is 37.0 Å². The first-order valence-corrected chi connectivity index (χ1v) is 11.8. The van der Waals surface area contributed by atoms with E-state index in [9.17, 15) is 22.4 Å². The number of halogens is 1. The second kappa shape index (κ2) is 10.5. The third kappa shape index (κ3) is 5.44. The van der Waals surface area contributed by atoms with E-state index in [1.54, 1.807) is 0 Å². The number of ether oxygens (including phenoxy) is 2. The Morgan fingerprint density at radius 1 is 1.21 bits per heavy atom. The molecule has 0 spiro atoms. The lowest BCUT2D eigenvalue weighted by Crippen LogP contribution is -2.21. The zero-order valence-electron chi connectivity index (χ0n) is 17.8. The van der Waals surface area contributed by atoms with E-state index in [4.69, 9.17) is 14.6 Å². The number of esters is 1. The van der Waals surface area contributed by atoms with Crippen molar-refractivity contribution in [3.05, 3.63) is 65.6 Å². The van der Waals surface area contributed by atoms with Crippen LogP contribution in [0, 0.1) is 5.95 Å². The van der Waals surface area contributed by atoms with Gasteiger partial charge in [-0.2, -0.15) is 4.39 Å². The molecule has 10 nitrogen and oxygen atoms in total. The van der Waals surface area contributed by atoms with E-state index >= 15 is 0 Å². The SMILES string of the molecule is CNC(OC(=O)/C=C/C(=O)O)c1cc(-c2cccnc2F)c(S(=O)(=O)c2cccc(OC)n2)s1. The highest BCUT2D eigenvalue weighted by Gasteiger charge is 2.30. The molecule has 0 aromatic carbocycles. The van der Waals surface area contributed by atoms with Gasteiger partial charge in [0.25, 0.3) is 0 Å². The Bertz CT molecular complexity index is 1360. The number of carbonyl (C=O) groups excluding carboxylic acids is 1. The van der Waals surface area contributed by atoms with Crippen LogP contribution >= 0.6 is 11.3 Å². The molecule has 3 heterocycles. The highest BCUT2D eigenvalue weighted by atomic mass is 32.2. The zero-order valence-corrected chi connectivity index (χ0v) is 19.4. The first-order chi connectivity index (χ1) is 16.2. The number of hydrogen-bond donors (Lipinski definition) is 2. The van der Waals surface area contributed by atoms with E-state index in [-0.39, 0.29) is 31.1 Å². The summed E-state index contributed by atoms with van der Waals surface area (Å²) in [5, 5.41) is 11.0. The lowest BCUT2D eigenvalue weighted by molar-refractivity contribution is -0.145. The van der Waals surface area contributed by atoms with Crippen LogP contribution in [-0.2, 0) is 24.2 Å². The molecule has 3 aromatic heterocycles. The summed E-state index contributed by atoms with van der Waals surface area (Å²) >= 11 is 0.734. The number of carboxylic acid groups (broad SMARTS) is 1. The molecule has 0 aliphatic heterocycles. The highest BCUT2D eigenvalue weighted by Crippen LogP contribution is 2.41. The van der Waals surface area contributed by atoms with Gasteiger partial charge in [0.15, 0.2) is 11.3 Å². The second-order valence-electron chi connectivity index (χ2n) is 6.49. The topological polar surface area (TPSA) is 145 Å². The first-order valence-electron chi connectivity index (χ1n) is 9.47. The van der Waals surface area contributed by atoms with Crippen molar-refractivity contribution in [1.29, 1.82) is 0 Å². The third-order valence-corrected chi connectivity index (χ3v) is 7.68. The molecule has 0 amide bonds. The maximum atomic E-state index is 14.5. The molecule has 0 aliphatic rings. The molecule has 34 heavy (non-hydrogen) atoms. The standard InChI is InChI=1S/C21H18FN3O7S2/c1-23-20(32-18(28)9-8-17(26)27)14-11-13(12-5-4-10-24-19(12)22)21(33-14)34(29,30)16-7-3-6-15(25-16)31-2/h3-11,20,23H,1-2H3,(H,26,27)/b9-8+. The molecule has 0 fully saturated rings. The summed E-state index contributed by atoms with van der Waals surface area (Å²) in [4.78, 5) is 30.4. The molecule has 0 saturated carbocycles. The molecule has 0 bridgehead atoms. The third-order valence-electron chi connectivity index (χ3n) is 4.31. The number of methoxy groups -OCH3 is 1. The van der Waals surface area contributed by atoms with Gasteiger partial charge < -0.3 is 14.6 Å². The number of nitrogens with zero attached hydrogens (tertiary/aromatic N) is 2. The van der Waals surface area contributed by atoms with Crippen LogP contribution in [0.4, 0.5) is 4.39 Å². The predicted octanol–water partition coefficient (Wildman–Crippen LogP) is 2.59. The minimum Gasteiger partial charge on any atom is -0.481 e. The Kier molecular flexibility index (Phi) is 7.71. The van der Waals surface area contributed by atoms with Gasteiger partial charge in [0, 0.05) is 35.5 Å². The molecular weight excluding hydrogens is 489 g/mol. The van der Waals surface area contributed by atoms with Crippen molar-refractivity contribution in [2.45, 2.75) is 15.5 Å². The number of thiophene rings is 1. The molecule has 1 unspecified atom stereocenters. The Hall–Kier alpha value is -3.68. The number of pyridine rings is 2. The largest absolute Gasteiger partial charge is 0.481 e. The summed E-state index contributed by atoms with van der Waals surface area (Å²) < 4.78 is 51.4. The van der Waals surface area contributed by atoms with Crippen LogP contribution in [-0.4, -0.2) is 49.6 Å². The molecule has 0 radical (unpaired) electrons. The van der Waals surface area contributed by atoms with Crippen molar-refractivity contribution in [3.63, 3.8) is 0 Å². The molecule has 178 valence electrons. The number of carbonyl (C=O) groups is 2. The fourth-order valence-corrected chi connectivity index (χ4v) is 5.85. The number of aliphatic carboxylic acids is 1. The van der Waals surface area contributed by atoms with Gasteiger partial charge in [0.1, 0.15) is 4.21 Å². The van der Waals surface area contributed by atoms with Crippen molar-refractivity contribution in [1.82, 2.24) is 15.3 Å². The molecule has 3 aromatic rings. The van der Waals surface area contributed by atoms with Gasteiger partial charge in [-0.05, 0) is 31.3 Å². The maximum absolute atomic E-state index is 14.5. The Balaban J connectivity index is 2.14. The number of nitrogens with one attached hydrogen (secondary N) is 1. The van der Waals surface area contributed by atoms with Crippen LogP contribution < -0.4 is 10.1 Å². The maximum Gasteiger partial charge on any atom is 0.332 e. The second-order valence-corrected chi connectivity index (χ2v) is 9.67. The lowest BCUT2D eigenvalue weighted by Gasteiger charge is -2.14. The summed E-state index contributed by atoms with van der Waals surface area (Å²) in [5.74, 6) is -3.16. The Morgan fingerprint density at radius 3 is 2.62 bits per heavy atom. The normalized spacial score (nSPS) is 12.4. The van der Waals surface area contributed by atoms with E-state index < -0.39 is 34.0 Å². The fourth-order valence-electron chi connectivity index (χ4n) is 2.80. The van der Waals surface area contributed by atoms with Crippen molar-refractivity contribution in [2.75, 3.05) is 14.2 Å².